The maximum absolute atomic E-state index is 13.1. The van der Waals surface area contributed by atoms with Crippen LogP contribution in [0.3, 0.4) is 0 Å². The summed E-state index contributed by atoms with van der Waals surface area (Å²) in [6.07, 6.45) is 8.77. The molecule has 1 aliphatic heterocycles. The van der Waals surface area contributed by atoms with E-state index < -0.39 is 11.4 Å². The molecule has 1 saturated carbocycles. The van der Waals surface area contributed by atoms with Gasteiger partial charge in [-0.2, -0.15) is 0 Å². The lowest BCUT2D eigenvalue weighted by atomic mass is 10.0. The lowest BCUT2D eigenvalue weighted by Gasteiger charge is -2.19. The van der Waals surface area contributed by atoms with Gasteiger partial charge < -0.3 is 9.52 Å². The Morgan fingerprint density at radius 3 is 2.92 bits per heavy atom. The van der Waals surface area contributed by atoms with Crippen molar-refractivity contribution < 1.29 is 14.3 Å². The highest BCUT2D eigenvalue weighted by Gasteiger charge is 2.62. The molecule has 0 saturated heterocycles. The van der Waals surface area contributed by atoms with Crippen molar-refractivity contribution in [2.75, 3.05) is 0 Å². The van der Waals surface area contributed by atoms with Gasteiger partial charge in [-0.1, -0.05) is 19.4 Å². The number of aliphatic carboxylic acids is 1. The van der Waals surface area contributed by atoms with Gasteiger partial charge in [-0.15, -0.1) is 0 Å². The number of carboxylic acid groups (broad SMARTS) is 1. The van der Waals surface area contributed by atoms with Crippen LogP contribution in [-0.2, 0) is 11.2 Å². The van der Waals surface area contributed by atoms with E-state index in [-0.39, 0.29) is 11.6 Å². The predicted octanol–water partition coefficient (Wildman–Crippen LogP) is 3.31. The molecule has 4 rings (SSSR count). The van der Waals surface area contributed by atoms with E-state index >= 15 is 0 Å². The second-order valence-corrected chi connectivity index (χ2v) is 6.94. The number of carbonyl (C=O) groups is 1. The summed E-state index contributed by atoms with van der Waals surface area (Å²) in [6, 6.07) is 3.41. The summed E-state index contributed by atoms with van der Waals surface area (Å²) in [5.41, 5.74) is 0.164. The minimum atomic E-state index is -0.939. The molecule has 0 bridgehead atoms. The molecule has 0 amide bonds. The van der Waals surface area contributed by atoms with E-state index in [0.717, 1.165) is 12.2 Å². The van der Waals surface area contributed by atoms with E-state index in [4.69, 9.17) is 4.42 Å². The van der Waals surface area contributed by atoms with Gasteiger partial charge in [0.15, 0.2) is 0 Å². The highest BCUT2D eigenvalue weighted by atomic mass is 16.4. The third kappa shape index (κ3) is 2.44. The van der Waals surface area contributed by atoms with Crippen molar-refractivity contribution in [2.24, 2.45) is 5.41 Å². The topological polar surface area (TPSA) is 85.3 Å². The van der Waals surface area contributed by atoms with Gasteiger partial charge in [-0.05, 0) is 50.1 Å². The number of hydrogen-bond donors (Lipinski definition) is 1. The van der Waals surface area contributed by atoms with Gasteiger partial charge in [0, 0.05) is 5.56 Å². The smallest absolute Gasteiger partial charge is 0.315 e. The first-order valence-electron chi connectivity index (χ1n) is 8.79. The molecule has 134 valence electrons. The number of furan rings is 1. The number of fused-ring (bicyclic) bond motifs is 3. The largest absolute Gasteiger partial charge is 0.481 e. The Bertz CT molecular complexity index is 1010. The molecule has 26 heavy (non-hydrogen) atoms. The zero-order valence-electron chi connectivity index (χ0n) is 14.7. The fourth-order valence-corrected chi connectivity index (χ4v) is 3.64. The SMILES string of the molecule is CCCc1c(/C=C/c2ccc(C)o2)nc2n(c1=O)C1CC1(C(=O)O)C=C2. The predicted molar refractivity (Wildman–Crippen MR) is 97.6 cm³/mol. The van der Waals surface area contributed by atoms with Crippen LogP contribution < -0.4 is 5.56 Å². The van der Waals surface area contributed by atoms with Crippen molar-refractivity contribution in [1.82, 2.24) is 9.55 Å². The summed E-state index contributed by atoms with van der Waals surface area (Å²) in [5, 5.41) is 9.49. The monoisotopic (exact) mass is 352 g/mol. The average Bonchev–Trinajstić information content (AvgIpc) is 3.23. The maximum Gasteiger partial charge on any atom is 0.315 e. The van der Waals surface area contributed by atoms with Crippen molar-refractivity contribution in [3.05, 3.63) is 57.2 Å². The summed E-state index contributed by atoms with van der Waals surface area (Å²) in [6.45, 7) is 3.88. The summed E-state index contributed by atoms with van der Waals surface area (Å²) in [7, 11) is 0. The summed E-state index contributed by atoms with van der Waals surface area (Å²) in [4.78, 5) is 29.3. The Labute approximate surface area is 150 Å². The first kappa shape index (κ1) is 16.6. The molecule has 0 aromatic carbocycles. The van der Waals surface area contributed by atoms with E-state index in [2.05, 4.69) is 4.98 Å². The Morgan fingerprint density at radius 1 is 1.46 bits per heavy atom. The summed E-state index contributed by atoms with van der Waals surface area (Å²) < 4.78 is 7.10. The van der Waals surface area contributed by atoms with E-state index in [9.17, 15) is 14.7 Å². The Hall–Kier alpha value is -2.89. The molecule has 2 aliphatic rings. The molecular formula is C20H20N2O4. The van der Waals surface area contributed by atoms with Gasteiger partial charge in [0.2, 0.25) is 0 Å². The van der Waals surface area contributed by atoms with Crippen LogP contribution in [-0.4, -0.2) is 20.6 Å². The molecule has 6 nitrogen and oxygen atoms in total. The highest BCUT2D eigenvalue weighted by Crippen LogP contribution is 2.59. The number of aryl methyl sites for hydroxylation is 1. The molecule has 2 aromatic heterocycles. The number of carboxylic acids is 1. The van der Waals surface area contributed by atoms with E-state index in [1.54, 1.807) is 28.9 Å². The first-order valence-corrected chi connectivity index (χ1v) is 8.79. The Balaban J connectivity index is 1.80. The molecule has 1 aliphatic carbocycles. The normalized spacial score (nSPS) is 23.1. The maximum atomic E-state index is 13.1. The number of rotatable bonds is 5. The quantitative estimate of drug-likeness (QED) is 0.892. The molecule has 6 heteroatoms. The standard InChI is InChI=1S/C20H20N2O4/c1-3-4-14-15(8-7-13-6-5-12(2)26-13)21-17-9-10-20(19(24)25)11-16(20)22(17)18(14)23/h5-10,16H,3-4,11H2,1-2H3,(H,24,25)/b8-7+. The van der Waals surface area contributed by atoms with Crippen molar-refractivity contribution in [3.63, 3.8) is 0 Å². The first-order chi connectivity index (χ1) is 12.5. The van der Waals surface area contributed by atoms with Gasteiger partial charge in [0.25, 0.3) is 5.56 Å². The zero-order valence-corrected chi connectivity index (χ0v) is 14.7. The molecule has 1 N–H and O–H groups in total. The third-order valence-electron chi connectivity index (χ3n) is 5.14. The lowest BCUT2D eigenvalue weighted by Crippen LogP contribution is -2.32. The highest BCUT2D eigenvalue weighted by molar-refractivity contribution is 5.84. The van der Waals surface area contributed by atoms with Crippen LogP contribution in [0, 0.1) is 12.3 Å². The lowest BCUT2D eigenvalue weighted by molar-refractivity contribution is -0.141. The molecule has 0 radical (unpaired) electrons. The molecular weight excluding hydrogens is 332 g/mol. The average molecular weight is 352 g/mol. The molecule has 2 aromatic rings. The third-order valence-corrected chi connectivity index (χ3v) is 5.14. The van der Waals surface area contributed by atoms with Crippen molar-refractivity contribution in [1.29, 1.82) is 0 Å². The van der Waals surface area contributed by atoms with Gasteiger partial charge in [0.05, 0.1) is 11.7 Å². The fraction of sp³-hybridized carbons (Fsp3) is 0.350. The van der Waals surface area contributed by atoms with E-state index in [0.29, 0.717) is 35.7 Å². The second-order valence-electron chi connectivity index (χ2n) is 6.94. The van der Waals surface area contributed by atoms with Crippen LogP contribution in [0.25, 0.3) is 18.2 Å². The second kappa shape index (κ2) is 5.83. The Morgan fingerprint density at radius 2 is 2.27 bits per heavy atom. The van der Waals surface area contributed by atoms with Crippen LogP contribution >= 0.6 is 0 Å². The van der Waals surface area contributed by atoms with Crippen LogP contribution in [0.2, 0.25) is 0 Å². The van der Waals surface area contributed by atoms with E-state index in [1.165, 1.54) is 0 Å². The summed E-state index contributed by atoms with van der Waals surface area (Å²) >= 11 is 0. The minimum Gasteiger partial charge on any atom is -0.481 e. The van der Waals surface area contributed by atoms with Gasteiger partial charge in [-0.25, -0.2) is 4.98 Å². The van der Waals surface area contributed by atoms with Gasteiger partial charge in [-0.3, -0.25) is 14.2 Å². The van der Waals surface area contributed by atoms with Crippen LogP contribution in [0.1, 0.15) is 54.4 Å². The number of aromatic nitrogens is 2. The number of hydrogen-bond acceptors (Lipinski definition) is 4. The Kier molecular flexibility index (Phi) is 3.72. The molecule has 2 unspecified atom stereocenters. The van der Waals surface area contributed by atoms with Crippen LogP contribution in [0.15, 0.2) is 27.4 Å². The fourth-order valence-electron chi connectivity index (χ4n) is 3.64. The van der Waals surface area contributed by atoms with Crippen molar-refractivity contribution >= 4 is 24.2 Å². The molecule has 0 spiro atoms. The zero-order chi connectivity index (χ0) is 18.5. The van der Waals surface area contributed by atoms with Crippen molar-refractivity contribution in [2.45, 2.75) is 39.2 Å². The molecule has 3 heterocycles. The van der Waals surface area contributed by atoms with Crippen molar-refractivity contribution in [3.8, 4) is 0 Å². The number of nitrogens with zero attached hydrogens (tertiary/aromatic N) is 2. The molecule has 2 atom stereocenters. The van der Waals surface area contributed by atoms with Crippen LogP contribution in [0.4, 0.5) is 0 Å². The van der Waals surface area contributed by atoms with E-state index in [1.807, 2.05) is 26.0 Å². The molecule has 1 fully saturated rings. The van der Waals surface area contributed by atoms with Crippen LogP contribution in [0.5, 0.6) is 0 Å². The summed E-state index contributed by atoms with van der Waals surface area (Å²) in [5.74, 6) is 1.15. The van der Waals surface area contributed by atoms with Gasteiger partial charge in [0.1, 0.15) is 22.8 Å². The minimum absolute atomic E-state index is 0.135. The van der Waals surface area contributed by atoms with Gasteiger partial charge >= 0.3 is 5.97 Å².